The lowest BCUT2D eigenvalue weighted by Gasteiger charge is -2.17. The summed E-state index contributed by atoms with van der Waals surface area (Å²) in [4.78, 5) is 32.5. The first kappa shape index (κ1) is 14.5. The van der Waals surface area contributed by atoms with E-state index in [0.717, 1.165) is 6.92 Å². The van der Waals surface area contributed by atoms with Gasteiger partial charge in [-0.25, -0.2) is 0 Å². The number of rotatable bonds is 6. The number of esters is 1. The van der Waals surface area contributed by atoms with Gasteiger partial charge < -0.3 is 10.5 Å². The predicted molar refractivity (Wildman–Crippen MR) is 49.6 cm³/mol. The molecule has 5 nitrogen and oxygen atoms in total. The van der Waals surface area contributed by atoms with Crippen LogP contribution in [0.5, 0.6) is 0 Å². The van der Waals surface area contributed by atoms with Gasteiger partial charge in [-0.05, 0) is 13.8 Å². The summed E-state index contributed by atoms with van der Waals surface area (Å²) in [6.45, 7) is 2.41. The molecule has 1 amide bonds. The fraction of sp³-hybridized carbons (Fsp3) is 0.667. The molecule has 16 heavy (non-hydrogen) atoms. The van der Waals surface area contributed by atoms with E-state index in [-0.39, 0.29) is 6.61 Å². The highest BCUT2D eigenvalue weighted by molar-refractivity contribution is 5.98. The predicted octanol–water partition coefficient (Wildman–Crippen LogP) is 0.265. The summed E-state index contributed by atoms with van der Waals surface area (Å²) in [6, 6.07) is 0. The van der Waals surface area contributed by atoms with Crippen LogP contribution >= 0.6 is 0 Å². The van der Waals surface area contributed by atoms with E-state index in [9.17, 15) is 23.2 Å². The second kappa shape index (κ2) is 5.53. The molecule has 0 aliphatic rings. The van der Waals surface area contributed by atoms with Gasteiger partial charge in [0, 0.05) is 6.42 Å². The van der Waals surface area contributed by atoms with Crippen molar-refractivity contribution in [3.05, 3.63) is 0 Å². The molecule has 0 aromatic heterocycles. The number of hydrogen-bond acceptors (Lipinski definition) is 4. The van der Waals surface area contributed by atoms with Crippen molar-refractivity contribution in [1.82, 2.24) is 0 Å². The van der Waals surface area contributed by atoms with Gasteiger partial charge >= 0.3 is 11.9 Å². The van der Waals surface area contributed by atoms with Gasteiger partial charge in [-0.1, -0.05) is 0 Å². The topological polar surface area (TPSA) is 86.5 Å². The van der Waals surface area contributed by atoms with Gasteiger partial charge in [0.05, 0.1) is 6.61 Å². The van der Waals surface area contributed by atoms with Crippen molar-refractivity contribution < 1.29 is 27.9 Å². The maximum absolute atomic E-state index is 12.9. The minimum atomic E-state index is -3.90. The Morgan fingerprint density at radius 2 is 1.88 bits per heavy atom. The van der Waals surface area contributed by atoms with E-state index >= 15 is 0 Å². The number of amides is 1. The third-order valence-corrected chi connectivity index (χ3v) is 1.88. The average molecular weight is 237 g/mol. The molecule has 0 aliphatic heterocycles. The maximum atomic E-state index is 12.9. The Morgan fingerprint density at radius 3 is 2.19 bits per heavy atom. The number of primary amides is 1. The molecule has 0 aromatic rings. The number of hydrogen-bond donors (Lipinski definition) is 1. The van der Waals surface area contributed by atoms with Crippen LogP contribution in [-0.4, -0.2) is 30.2 Å². The van der Waals surface area contributed by atoms with Crippen molar-refractivity contribution in [2.45, 2.75) is 26.2 Å². The first-order valence-electron chi connectivity index (χ1n) is 4.57. The molecule has 0 radical (unpaired) electrons. The van der Waals surface area contributed by atoms with Crippen LogP contribution in [0.15, 0.2) is 0 Å². The Labute approximate surface area is 90.9 Å². The Hall–Kier alpha value is -1.53. The molecule has 92 valence electrons. The van der Waals surface area contributed by atoms with Crippen molar-refractivity contribution >= 4 is 17.7 Å². The Kier molecular flexibility index (Phi) is 5.00. The molecule has 0 aliphatic carbocycles. The first-order chi connectivity index (χ1) is 7.22. The average Bonchev–Trinajstić information content (AvgIpc) is 2.13. The SMILES string of the molecule is CCOC(=O)C(CC(F)(F)C(N)=O)C(C)=O. The number of nitrogens with two attached hydrogens (primary N) is 1. The molecule has 1 atom stereocenters. The van der Waals surface area contributed by atoms with Crippen LogP contribution in [0.1, 0.15) is 20.3 Å². The molecule has 0 spiro atoms. The van der Waals surface area contributed by atoms with E-state index in [2.05, 4.69) is 10.5 Å². The van der Waals surface area contributed by atoms with Gasteiger partial charge in [0.25, 0.3) is 5.91 Å². The largest absolute Gasteiger partial charge is 0.465 e. The Bertz CT molecular complexity index is 304. The number of alkyl halides is 2. The minimum Gasteiger partial charge on any atom is -0.465 e. The fourth-order valence-corrected chi connectivity index (χ4v) is 0.993. The number of ketones is 1. The summed E-state index contributed by atoms with van der Waals surface area (Å²) in [7, 11) is 0. The highest BCUT2D eigenvalue weighted by Gasteiger charge is 2.43. The smallest absolute Gasteiger partial charge is 0.325 e. The number of Topliss-reactive ketones (excluding diaryl/α,β-unsaturated/α-hetero) is 1. The number of ether oxygens (including phenoxy) is 1. The van der Waals surface area contributed by atoms with Gasteiger partial charge in [-0.2, -0.15) is 8.78 Å². The van der Waals surface area contributed by atoms with Gasteiger partial charge in [0.1, 0.15) is 11.7 Å². The van der Waals surface area contributed by atoms with Crippen LogP contribution in [0.2, 0.25) is 0 Å². The molecule has 2 N–H and O–H groups in total. The lowest BCUT2D eigenvalue weighted by molar-refractivity contribution is -0.158. The molecule has 0 rings (SSSR count). The standard InChI is InChI=1S/C9H13F2NO4/c1-3-16-7(14)6(5(2)13)4-9(10,11)8(12)15/h6H,3-4H2,1-2H3,(H2,12,15). The third-order valence-electron chi connectivity index (χ3n) is 1.88. The van der Waals surface area contributed by atoms with Gasteiger partial charge in [0.15, 0.2) is 0 Å². The normalized spacial score (nSPS) is 13.0. The highest BCUT2D eigenvalue weighted by atomic mass is 19.3. The van der Waals surface area contributed by atoms with Crippen molar-refractivity contribution in [3.8, 4) is 0 Å². The highest BCUT2D eigenvalue weighted by Crippen LogP contribution is 2.24. The zero-order valence-corrected chi connectivity index (χ0v) is 8.96. The van der Waals surface area contributed by atoms with E-state index in [1.807, 2.05) is 0 Å². The lowest BCUT2D eigenvalue weighted by atomic mass is 9.97. The summed E-state index contributed by atoms with van der Waals surface area (Å²) in [5, 5.41) is 0. The van der Waals surface area contributed by atoms with Crippen LogP contribution in [0.3, 0.4) is 0 Å². The van der Waals surface area contributed by atoms with Gasteiger partial charge in [0.2, 0.25) is 0 Å². The zero-order chi connectivity index (χ0) is 12.9. The minimum absolute atomic E-state index is 0.0369. The molecule has 0 fully saturated rings. The lowest BCUT2D eigenvalue weighted by Crippen LogP contribution is -2.40. The molecule has 7 heteroatoms. The molecule has 0 saturated heterocycles. The summed E-state index contributed by atoms with van der Waals surface area (Å²) < 4.78 is 30.3. The molecule has 1 unspecified atom stereocenters. The quantitative estimate of drug-likeness (QED) is 0.530. The number of carbonyl (C=O) groups excluding carboxylic acids is 3. The van der Waals surface area contributed by atoms with Gasteiger partial charge in [-0.3, -0.25) is 14.4 Å². The van der Waals surface area contributed by atoms with Gasteiger partial charge in [-0.15, -0.1) is 0 Å². The van der Waals surface area contributed by atoms with Crippen LogP contribution in [0.25, 0.3) is 0 Å². The monoisotopic (exact) mass is 237 g/mol. The molecular weight excluding hydrogens is 224 g/mol. The van der Waals surface area contributed by atoms with E-state index in [1.165, 1.54) is 6.92 Å². The molecule has 0 heterocycles. The number of carbonyl (C=O) groups is 3. The van der Waals surface area contributed by atoms with E-state index in [0.29, 0.717) is 0 Å². The Balaban J connectivity index is 4.77. The van der Waals surface area contributed by atoms with Crippen molar-refractivity contribution in [2.75, 3.05) is 6.61 Å². The Morgan fingerprint density at radius 1 is 1.38 bits per heavy atom. The van der Waals surface area contributed by atoms with E-state index < -0.39 is 35.9 Å². The van der Waals surface area contributed by atoms with Crippen LogP contribution < -0.4 is 5.73 Å². The number of halogens is 2. The van der Waals surface area contributed by atoms with Crippen LogP contribution in [-0.2, 0) is 19.1 Å². The zero-order valence-electron chi connectivity index (χ0n) is 8.96. The maximum Gasteiger partial charge on any atom is 0.325 e. The molecule has 0 saturated carbocycles. The van der Waals surface area contributed by atoms with Crippen molar-refractivity contribution in [1.29, 1.82) is 0 Å². The van der Waals surface area contributed by atoms with Crippen molar-refractivity contribution in [2.24, 2.45) is 11.7 Å². The first-order valence-corrected chi connectivity index (χ1v) is 4.57. The summed E-state index contributed by atoms with van der Waals surface area (Å²) in [5.41, 5.74) is 4.44. The molecular formula is C9H13F2NO4. The summed E-state index contributed by atoms with van der Waals surface area (Å²) in [5.74, 6) is -9.30. The summed E-state index contributed by atoms with van der Waals surface area (Å²) >= 11 is 0. The summed E-state index contributed by atoms with van der Waals surface area (Å²) in [6.07, 6.45) is -1.25. The van der Waals surface area contributed by atoms with Crippen LogP contribution in [0, 0.1) is 5.92 Å². The molecule has 0 aromatic carbocycles. The van der Waals surface area contributed by atoms with Crippen molar-refractivity contribution in [3.63, 3.8) is 0 Å². The molecule has 0 bridgehead atoms. The van der Waals surface area contributed by atoms with E-state index in [4.69, 9.17) is 0 Å². The third kappa shape index (κ3) is 3.92. The van der Waals surface area contributed by atoms with Crippen LogP contribution in [0.4, 0.5) is 8.78 Å². The second-order valence-electron chi connectivity index (χ2n) is 3.19. The second-order valence-corrected chi connectivity index (χ2v) is 3.19. The van der Waals surface area contributed by atoms with E-state index in [1.54, 1.807) is 0 Å². The fourth-order valence-electron chi connectivity index (χ4n) is 0.993.